The fraction of sp³-hybridized carbons (Fsp3) is 0.417. The van der Waals surface area contributed by atoms with Crippen molar-refractivity contribution < 1.29 is 15.0 Å². The quantitative estimate of drug-likeness (QED) is 0.649. The highest BCUT2D eigenvalue weighted by Crippen LogP contribution is 2.36. The zero-order valence-electron chi connectivity index (χ0n) is 10.9. The van der Waals surface area contributed by atoms with Gasteiger partial charge in [-0.05, 0) is 32.9 Å². The van der Waals surface area contributed by atoms with Crippen LogP contribution in [0, 0.1) is 0 Å². The molecule has 1 unspecified atom stereocenters. The number of hydrogen-bond donors (Lipinski definition) is 4. The first-order valence-electron chi connectivity index (χ1n) is 5.74. The van der Waals surface area contributed by atoms with Crippen molar-refractivity contribution in [3.8, 4) is 5.75 Å². The number of benzene rings is 1. The Kier molecular flexibility index (Phi) is 5.34. The SMILES string of the molecule is CC(C)NC(=O)N(S)c1cc(Cl)c(O)c(C(C)O)c1. The van der Waals surface area contributed by atoms with Gasteiger partial charge in [-0.25, -0.2) is 9.10 Å². The molecule has 1 atom stereocenters. The molecule has 5 nitrogen and oxygen atoms in total. The third-order valence-electron chi connectivity index (χ3n) is 2.38. The van der Waals surface area contributed by atoms with E-state index in [1.54, 1.807) is 0 Å². The molecule has 1 aromatic carbocycles. The fourth-order valence-corrected chi connectivity index (χ4v) is 1.87. The smallest absolute Gasteiger partial charge is 0.332 e. The predicted octanol–water partition coefficient (Wildman–Crippen LogP) is 2.87. The minimum atomic E-state index is -0.910. The number of rotatable bonds is 3. The molecular weight excluding hydrogens is 288 g/mol. The Morgan fingerprint density at radius 3 is 2.47 bits per heavy atom. The molecule has 7 heteroatoms. The maximum absolute atomic E-state index is 11.8. The third kappa shape index (κ3) is 3.92. The maximum Gasteiger partial charge on any atom is 0.332 e. The first-order chi connectivity index (χ1) is 8.73. The van der Waals surface area contributed by atoms with Crippen LogP contribution in [0.15, 0.2) is 12.1 Å². The van der Waals surface area contributed by atoms with Gasteiger partial charge in [0.1, 0.15) is 5.75 Å². The van der Waals surface area contributed by atoms with Crippen molar-refractivity contribution in [1.29, 1.82) is 0 Å². The molecule has 0 radical (unpaired) electrons. The largest absolute Gasteiger partial charge is 0.506 e. The van der Waals surface area contributed by atoms with Crippen LogP contribution in [-0.2, 0) is 0 Å². The third-order valence-corrected chi connectivity index (χ3v) is 3.08. The van der Waals surface area contributed by atoms with Crippen LogP contribution in [0.1, 0.15) is 32.4 Å². The molecule has 1 aromatic rings. The molecule has 0 aliphatic heterocycles. The van der Waals surface area contributed by atoms with Crippen molar-refractivity contribution in [2.45, 2.75) is 32.9 Å². The second-order valence-electron chi connectivity index (χ2n) is 4.46. The van der Waals surface area contributed by atoms with E-state index in [1.165, 1.54) is 19.1 Å². The summed E-state index contributed by atoms with van der Waals surface area (Å²) in [4.78, 5) is 11.8. The number of anilines is 1. The van der Waals surface area contributed by atoms with E-state index in [2.05, 4.69) is 18.1 Å². The number of thiol groups is 1. The van der Waals surface area contributed by atoms with Crippen molar-refractivity contribution in [3.63, 3.8) is 0 Å². The molecule has 0 aromatic heterocycles. The Bertz CT molecular complexity index is 480. The number of amides is 2. The highest BCUT2D eigenvalue weighted by molar-refractivity contribution is 7.82. The number of carbonyl (C=O) groups is 1. The normalized spacial score (nSPS) is 12.4. The minimum absolute atomic E-state index is 0.0361. The molecule has 0 heterocycles. The summed E-state index contributed by atoms with van der Waals surface area (Å²) in [5, 5.41) is 22.0. The lowest BCUT2D eigenvalue weighted by atomic mass is 10.1. The Morgan fingerprint density at radius 2 is 2.00 bits per heavy atom. The van der Waals surface area contributed by atoms with Gasteiger partial charge in [-0.3, -0.25) is 0 Å². The van der Waals surface area contributed by atoms with Crippen molar-refractivity contribution in [3.05, 3.63) is 22.7 Å². The molecule has 0 saturated carbocycles. The number of phenols is 1. The Balaban J connectivity index is 3.10. The van der Waals surface area contributed by atoms with E-state index in [-0.39, 0.29) is 22.4 Å². The number of aliphatic hydroxyl groups excluding tert-OH is 1. The number of carbonyl (C=O) groups excluding carboxylic acids is 1. The van der Waals surface area contributed by atoms with Gasteiger partial charge in [0, 0.05) is 11.6 Å². The number of nitrogens with zero attached hydrogens (tertiary/aromatic N) is 1. The summed E-state index contributed by atoms with van der Waals surface area (Å²) in [6.45, 7) is 5.14. The molecule has 1 rings (SSSR count). The maximum atomic E-state index is 11.8. The lowest BCUT2D eigenvalue weighted by molar-refractivity contribution is 0.195. The van der Waals surface area contributed by atoms with Crippen LogP contribution in [-0.4, -0.2) is 22.3 Å². The fourth-order valence-electron chi connectivity index (χ4n) is 1.47. The Morgan fingerprint density at radius 1 is 1.42 bits per heavy atom. The average molecular weight is 305 g/mol. The van der Waals surface area contributed by atoms with E-state index < -0.39 is 12.1 Å². The first-order valence-corrected chi connectivity index (χ1v) is 6.51. The topological polar surface area (TPSA) is 72.8 Å². The van der Waals surface area contributed by atoms with Crippen molar-refractivity contribution in [1.82, 2.24) is 5.32 Å². The number of halogens is 1. The van der Waals surface area contributed by atoms with Crippen LogP contribution in [0.25, 0.3) is 0 Å². The molecule has 106 valence electrons. The molecule has 2 amide bonds. The zero-order chi connectivity index (χ0) is 14.7. The summed E-state index contributed by atoms with van der Waals surface area (Å²) >= 11 is 9.95. The highest BCUT2D eigenvalue weighted by Gasteiger charge is 2.18. The van der Waals surface area contributed by atoms with Crippen LogP contribution in [0.2, 0.25) is 5.02 Å². The molecule has 19 heavy (non-hydrogen) atoms. The number of aliphatic hydroxyl groups is 1. The van der Waals surface area contributed by atoms with Gasteiger partial charge in [0.25, 0.3) is 0 Å². The van der Waals surface area contributed by atoms with Gasteiger partial charge in [0.15, 0.2) is 0 Å². The van der Waals surface area contributed by atoms with Gasteiger partial charge in [0.2, 0.25) is 0 Å². The number of hydrogen-bond acceptors (Lipinski definition) is 4. The lowest BCUT2D eigenvalue weighted by Gasteiger charge is -2.20. The molecule has 3 N–H and O–H groups in total. The van der Waals surface area contributed by atoms with Crippen molar-refractivity contribution >= 4 is 36.1 Å². The summed E-state index contributed by atoms with van der Waals surface area (Å²) < 4.78 is 1.07. The Hall–Kier alpha value is -1.11. The van der Waals surface area contributed by atoms with Crippen LogP contribution in [0.3, 0.4) is 0 Å². The van der Waals surface area contributed by atoms with Gasteiger partial charge < -0.3 is 15.5 Å². The molecule has 0 bridgehead atoms. The summed E-state index contributed by atoms with van der Waals surface area (Å²) in [5.74, 6) is -0.202. The molecule has 0 saturated heterocycles. The zero-order valence-corrected chi connectivity index (χ0v) is 12.5. The van der Waals surface area contributed by atoms with Crippen molar-refractivity contribution in [2.75, 3.05) is 4.31 Å². The van der Waals surface area contributed by atoms with Crippen LogP contribution >= 0.6 is 24.4 Å². The average Bonchev–Trinajstić information content (AvgIpc) is 2.30. The van der Waals surface area contributed by atoms with E-state index in [9.17, 15) is 15.0 Å². The van der Waals surface area contributed by atoms with E-state index in [0.717, 1.165) is 4.31 Å². The Labute approximate surface area is 122 Å². The second-order valence-corrected chi connectivity index (χ2v) is 5.26. The monoisotopic (exact) mass is 304 g/mol. The van der Waals surface area contributed by atoms with Gasteiger partial charge in [-0.15, -0.1) is 0 Å². The first kappa shape index (κ1) is 15.9. The number of nitrogens with one attached hydrogen (secondary N) is 1. The standard InChI is InChI=1S/C12H17ClN2O3S/c1-6(2)14-12(18)15(19)8-4-9(7(3)16)11(17)10(13)5-8/h4-7,16-17,19H,1-3H3,(H,14,18). The van der Waals surface area contributed by atoms with Gasteiger partial charge >= 0.3 is 6.03 Å². The molecular formula is C12H17ClN2O3S. The second kappa shape index (κ2) is 6.36. The van der Waals surface area contributed by atoms with E-state index in [1.807, 2.05) is 13.8 Å². The number of urea groups is 1. The summed E-state index contributed by atoms with van der Waals surface area (Å²) in [5.41, 5.74) is 0.596. The summed E-state index contributed by atoms with van der Waals surface area (Å²) in [6, 6.07) is 2.40. The van der Waals surface area contributed by atoms with Crippen LogP contribution in [0.5, 0.6) is 5.75 Å². The van der Waals surface area contributed by atoms with Gasteiger partial charge in [0.05, 0.1) is 16.8 Å². The number of phenolic OH excluding ortho intramolecular Hbond substituents is 1. The summed E-state index contributed by atoms with van der Waals surface area (Å²) in [7, 11) is 0. The predicted molar refractivity (Wildman–Crippen MR) is 78.9 cm³/mol. The van der Waals surface area contributed by atoms with Crippen LogP contribution < -0.4 is 9.62 Å². The molecule has 0 aliphatic rings. The minimum Gasteiger partial charge on any atom is -0.506 e. The molecule has 0 spiro atoms. The van der Waals surface area contributed by atoms with E-state index in [0.29, 0.717) is 5.69 Å². The molecule has 0 fully saturated rings. The summed E-state index contributed by atoms with van der Waals surface area (Å²) in [6.07, 6.45) is -0.910. The number of aromatic hydroxyl groups is 1. The van der Waals surface area contributed by atoms with Gasteiger partial charge in [-0.2, -0.15) is 0 Å². The van der Waals surface area contributed by atoms with Crippen LogP contribution in [0.4, 0.5) is 10.5 Å². The lowest BCUT2D eigenvalue weighted by Crippen LogP contribution is -2.38. The van der Waals surface area contributed by atoms with E-state index >= 15 is 0 Å². The van der Waals surface area contributed by atoms with Crippen molar-refractivity contribution in [2.24, 2.45) is 0 Å². The van der Waals surface area contributed by atoms with E-state index in [4.69, 9.17) is 11.6 Å². The highest BCUT2D eigenvalue weighted by atomic mass is 35.5. The molecule has 0 aliphatic carbocycles. The van der Waals surface area contributed by atoms with Gasteiger partial charge in [-0.1, -0.05) is 24.4 Å².